The van der Waals surface area contributed by atoms with E-state index in [4.69, 9.17) is 16.3 Å². The predicted octanol–water partition coefficient (Wildman–Crippen LogP) is 3.16. The highest BCUT2D eigenvalue weighted by Crippen LogP contribution is 2.41. The monoisotopic (exact) mass is 458 g/mol. The summed E-state index contributed by atoms with van der Waals surface area (Å²) in [4.78, 5) is 44.5. The molecule has 8 nitrogen and oxygen atoms in total. The largest absolute Gasteiger partial charge is 0.489 e. The average molecular weight is 459 g/mol. The molecule has 1 aromatic carbocycles. The molecule has 2 aliphatic rings. The van der Waals surface area contributed by atoms with Crippen LogP contribution in [-0.4, -0.2) is 47.6 Å². The van der Waals surface area contributed by atoms with Gasteiger partial charge in [0.05, 0.1) is 28.9 Å². The number of aromatic amines is 1. The van der Waals surface area contributed by atoms with Crippen molar-refractivity contribution in [1.29, 1.82) is 0 Å². The number of hydrogen-bond donors (Lipinski definition) is 2. The number of nitrogens with one attached hydrogen (secondary N) is 2. The number of halogens is 1. The van der Waals surface area contributed by atoms with Crippen LogP contribution in [0.15, 0.2) is 16.9 Å². The van der Waals surface area contributed by atoms with E-state index in [2.05, 4.69) is 10.3 Å². The van der Waals surface area contributed by atoms with Gasteiger partial charge in [-0.25, -0.2) is 4.79 Å². The van der Waals surface area contributed by atoms with E-state index < -0.39 is 0 Å². The molecule has 0 atom stereocenters. The number of aromatic nitrogens is 1. The highest BCUT2D eigenvalue weighted by molar-refractivity contribution is 6.36. The molecule has 1 fully saturated rings. The van der Waals surface area contributed by atoms with Crippen molar-refractivity contribution in [2.75, 3.05) is 24.5 Å². The number of ether oxygens (including phenoxy) is 1. The summed E-state index contributed by atoms with van der Waals surface area (Å²) in [5.41, 5.74) is 3.69. The maximum absolute atomic E-state index is 13.6. The number of H-pyrrole nitrogens is 1. The first-order valence-corrected chi connectivity index (χ1v) is 11.1. The van der Waals surface area contributed by atoms with Crippen molar-refractivity contribution in [2.45, 2.75) is 46.8 Å². The van der Waals surface area contributed by atoms with Crippen molar-refractivity contribution in [3.8, 4) is 5.75 Å². The topological polar surface area (TPSA) is 94.7 Å². The Morgan fingerprint density at radius 1 is 1.16 bits per heavy atom. The number of anilines is 1. The number of carbonyl (C=O) groups excluding carboxylic acids is 2. The third-order valence-corrected chi connectivity index (χ3v) is 6.18. The van der Waals surface area contributed by atoms with E-state index in [1.165, 1.54) is 0 Å². The van der Waals surface area contributed by atoms with Gasteiger partial charge in [0.15, 0.2) is 0 Å². The van der Waals surface area contributed by atoms with Crippen LogP contribution < -0.4 is 20.5 Å². The van der Waals surface area contributed by atoms with Crippen LogP contribution in [0.2, 0.25) is 5.02 Å². The van der Waals surface area contributed by atoms with Gasteiger partial charge < -0.3 is 19.9 Å². The van der Waals surface area contributed by atoms with Crippen molar-refractivity contribution >= 4 is 29.2 Å². The first-order chi connectivity index (χ1) is 15.2. The number of amides is 3. The van der Waals surface area contributed by atoms with E-state index in [0.717, 1.165) is 16.8 Å². The number of pyridine rings is 1. The van der Waals surface area contributed by atoms with Gasteiger partial charge in [-0.3, -0.25) is 14.5 Å². The molecule has 0 radical (unpaired) electrons. The van der Waals surface area contributed by atoms with Crippen molar-refractivity contribution in [3.63, 3.8) is 0 Å². The Hall–Kier alpha value is -3.00. The molecule has 0 aliphatic carbocycles. The predicted molar refractivity (Wildman–Crippen MR) is 123 cm³/mol. The molecule has 0 spiro atoms. The van der Waals surface area contributed by atoms with Crippen molar-refractivity contribution in [2.24, 2.45) is 0 Å². The van der Waals surface area contributed by atoms with Crippen molar-refractivity contribution in [1.82, 2.24) is 15.2 Å². The number of urea groups is 1. The average Bonchev–Trinajstić information content (AvgIpc) is 3.13. The number of fused-ring (bicyclic) bond motifs is 1. The molecule has 0 unspecified atom stereocenters. The summed E-state index contributed by atoms with van der Waals surface area (Å²) >= 11 is 6.67. The lowest BCUT2D eigenvalue weighted by atomic mass is 9.95. The summed E-state index contributed by atoms with van der Waals surface area (Å²) < 4.78 is 5.88. The second-order valence-corrected chi connectivity index (χ2v) is 8.91. The Bertz CT molecular complexity index is 1160. The molecule has 1 saturated heterocycles. The summed E-state index contributed by atoms with van der Waals surface area (Å²) in [6.07, 6.45) is 0.361. The molecule has 170 valence electrons. The van der Waals surface area contributed by atoms with E-state index in [0.29, 0.717) is 48.6 Å². The summed E-state index contributed by atoms with van der Waals surface area (Å²) in [5, 5.41) is 3.04. The molecule has 0 bridgehead atoms. The zero-order chi connectivity index (χ0) is 23.2. The van der Waals surface area contributed by atoms with Crippen LogP contribution in [-0.2, 0) is 13.0 Å². The fraction of sp³-hybridized carbons (Fsp3) is 0.435. The molecule has 3 amide bonds. The Morgan fingerprint density at radius 2 is 1.91 bits per heavy atom. The highest BCUT2D eigenvalue weighted by Gasteiger charge is 2.35. The van der Waals surface area contributed by atoms with Crippen LogP contribution in [0.4, 0.5) is 10.5 Å². The molecule has 1 aromatic heterocycles. The van der Waals surface area contributed by atoms with Gasteiger partial charge in [0, 0.05) is 37.0 Å². The third-order valence-electron chi connectivity index (χ3n) is 5.80. The smallest absolute Gasteiger partial charge is 0.322 e. The Labute approximate surface area is 191 Å². The standard InChI is InChI=1S/C23H27ClN4O4/c1-12(2)32-18-10-17(28-8-6-25-23(28)31)15-5-7-27(22(30)19(15)20(18)24)11-16-13(3)9-14(4)26-21(16)29/h9-10,12H,5-8,11H2,1-4H3,(H,25,31)(H,26,29). The molecular weight excluding hydrogens is 432 g/mol. The Balaban J connectivity index is 1.77. The SMILES string of the molecule is Cc1cc(C)c(CN2CCc3c(N4CCNC4=O)cc(OC(C)C)c(Cl)c3C2=O)c(=O)[nH]1. The molecule has 9 heteroatoms. The van der Waals surface area contributed by atoms with Gasteiger partial charge in [-0.2, -0.15) is 0 Å². The minimum atomic E-state index is -0.273. The summed E-state index contributed by atoms with van der Waals surface area (Å²) in [6, 6.07) is 3.44. The van der Waals surface area contributed by atoms with Crippen LogP contribution >= 0.6 is 11.6 Å². The number of nitrogens with zero attached hydrogens (tertiary/aromatic N) is 2. The second-order valence-electron chi connectivity index (χ2n) is 8.53. The number of aryl methyl sites for hydroxylation is 2. The van der Waals surface area contributed by atoms with Crippen molar-refractivity contribution < 1.29 is 14.3 Å². The molecule has 2 aromatic rings. The van der Waals surface area contributed by atoms with E-state index in [1.807, 2.05) is 33.8 Å². The second kappa shape index (κ2) is 8.50. The fourth-order valence-electron chi connectivity index (χ4n) is 4.34. The number of carbonyl (C=O) groups is 2. The van der Waals surface area contributed by atoms with E-state index in [-0.39, 0.29) is 35.2 Å². The summed E-state index contributed by atoms with van der Waals surface area (Å²) in [7, 11) is 0. The van der Waals surface area contributed by atoms with E-state index in [1.54, 1.807) is 15.9 Å². The molecule has 2 aliphatic heterocycles. The van der Waals surface area contributed by atoms with E-state index >= 15 is 0 Å². The lowest BCUT2D eigenvalue weighted by Gasteiger charge is -2.33. The number of hydrogen-bond acceptors (Lipinski definition) is 4. The lowest BCUT2D eigenvalue weighted by molar-refractivity contribution is 0.0725. The third kappa shape index (κ3) is 3.95. The minimum Gasteiger partial charge on any atom is -0.489 e. The molecular formula is C23H27ClN4O4. The molecule has 0 saturated carbocycles. The first-order valence-electron chi connectivity index (χ1n) is 10.7. The van der Waals surface area contributed by atoms with Gasteiger partial charge in [0.1, 0.15) is 5.75 Å². The van der Waals surface area contributed by atoms with Crippen LogP contribution in [0.3, 0.4) is 0 Å². The van der Waals surface area contributed by atoms with Crippen LogP contribution in [0.5, 0.6) is 5.75 Å². The first kappa shape index (κ1) is 22.2. The van der Waals surface area contributed by atoms with Crippen LogP contribution in [0, 0.1) is 13.8 Å². The normalized spacial score (nSPS) is 15.9. The van der Waals surface area contributed by atoms with Crippen molar-refractivity contribution in [3.05, 3.63) is 55.5 Å². The van der Waals surface area contributed by atoms with Gasteiger partial charge >= 0.3 is 6.03 Å². The number of benzene rings is 1. The van der Waals surface area contributed by atoms with Gasteiger partial charge in [0.2, 0.25) is 0 Å². The summed E-state index contributed by atoms with van der Waals surface area (Å²) in [5.74, 6) is 0.0976. The minimum absolute atomic E-state index is 0.158. The molecule has 2 N–H and O–H groups in total. The lowest BCUT2D eigenvalue weighted by Crippen LogP contribution is -2.40. The van der Waals surface area contributed by atoms with Gasteiger partial charge in [-0.05, 0) is 51.3 Å². The Morgan fingerprint density at radius 3 is 2.53 bits per heavy atom. The van der Waals surface area contributed by atoms with E-state index in [9.17, 15) is 14.4 Å². The maximum atomic E-state index is 13.6. The maximum Gasteiger partial charge on any atom is 0.322 e. The molecule has 4 rings (SSSR count). The zero-order valence-corrected chi connectivity index (χ0v) is 19.4. The molecule has 32 heavy (non-hydrogen) atoms. The van der Waals surface area contributed by atoms with Gasteiger partial charge in [-0.15, -0.1) is 0 Å². The fourth-order valence-corrected chi connectivity index (χ4v) is 4.64. The highest BCUT2D eigenvalue weighted by atomic mass is 35.5. The van der Waals surface area contributed by atoms with Crippen LogP contribution in [0.1, 0.15) is 46.6 Å². The Kier molecular flexibility index (Phi) is 5.90. The summed E-state index contributed by atoms with van der Waals surface area (Å²) in [6.45, 7) is 9.08. The van der Waals surface area contributed by atoms with Gasteiger partial charge in [-0.1, -0.05) is 11.6 Å². The van der Waals surface area contributed by atoms with Crippen LogP contribution in [0.25, 0.3) is 0 Å². The van der Waals surface area contributed by atoms with Gasteiger partial charge in [0.25, 0.3) is 11.5 Å². The molecule has 3 heterocycles. The zero-order valence-electron chi connectivity index (χ0n) is 18.7. The quantitative estimate of drug-likeness (QED) is 0.719. The number of rotatable bonds is 5.